The third-order valence-corrected chi connectivity index (χ3v) is 9.02. The Bertz CT molecular complexity index is 1290. The Morgan fingerprint density at radius 2 is 1.76 bits per heavy atom. The second kappa shape index (κ2) is 8.81. The van der Waals surface area contributed by atoms with Gasteiger partial charge >= 0.3 is 5.97 Å². The molecule has 0 bridgehead atoms. The number of carbonyl (C=O) groups excluding carboxylic acids is 6. The third kappa shape index (κ3) is 3.34. The highest BCUT2D eigenvalue weighted by molar-refractivity contribution is 6.32. The summed E-state index contributed by atoms with van der Waals surface area (Å²) in [6.07, 6.45) is 0.579. The van der Waals surface area contributed by atoms with Crippen molar-refractivity contribution in [2.45, 2.75) is 49.9 Å². The number of ketones is 4. The SMILES string of the molecule is C[C@@H]1c2cccc(O)c2C(=O)C2C(=O)[C@@]3(O)C(=O)C(C(N)=O)C(=O)[C@H](N(C)C)[C@H]3[C@H](OC(=O)C3CCC3)[C@H]21. The number of nitrogens with two attached hydrogens (primary N) is 1. The molecule has 1 amide bonds. The average Bonchev–Trinajstić information content (AvgIpc) is 2.79. The molecule has 3 saturated carbocycles. The van der Waals surface area contributed by atoms with Crippen molar-refractivity contribution < 1.29 is 43.7 Å². The van der Waals surface area contributed by atoms with E-state index in [9.17, 15) is 39.0 Å². The molecule has 5 rings (SSSR count). The van der Waals surface area contributed by atoms with Crippen LogP contribution in [0.1, 0.15) is 48.0 Å². The molecule has 0 spiro atoms. The minimum absolute atomic E-state index is 0.115. The van der Waals surface area contributed by atoms with Crippen molar-refractivity contribution in [1.29, 1.82) is 0 Å². The lowest BCUT2D eigenvalue weighted by atomic mass is 9.49. The minimum Gasteiger partial charge on any atom is -0.507 e. The van der Waals surface area contributed by atoms with E-state index in [1.54, 1.807) is 19.1 Å². The van der Waals surface area contributed by atoms with Crippen LogP contribution in [0.25, 0.3) is 0 Å². The second-order valence-electron chi connectivity index (χ2n) is 11.1. The van der Waals surface area contributed by atoms with Crippen LogP contribution in [0.5, 0.6) is 5.75 Å². The number of fused-ring (bicyclic) bond motifs is 3. The molecule has 0 radical (unpaired) electrons. The lowest BCUT2D eigenvalue weighted by Crippen LogP contribution is -2.78. The van der Waals surface area contributed by atoms with Crippen molar-refractivity contribution in [2.75, 3.05) is 14.1 Å². The molecular formula is C27H30N2O9. The monoisotopic (exact) mass is 526 g/mol. The number of nitrogens with zero attached hydrogens (tertiary/aromatic N) is 1. The first-order valence-electron chi connectivity index (χ1n) is 12.7. The van der Waals surface area contributed by atoms with Gasteiger partial charge in [0.1, 0.15) is 11.9 Å². The van der Waals surface area contributed by atoms with Gasteiger partial charge in [-0.1, -0.05) is 25.5 Å². The summed E-state index contributed by atoms with van der Waals surface area (Å²) >= 11 is 0. The standard InChI is InChI=1S/C27H30N2O9/c1-10-12-8-5-9-13(30)15(12)20(31)16-14(10)22(38-26(36)11-6-4-7-11)18-19(29(2)3)21(32)17(25(28)35)24(34)27(18,37)23(16)33/h5,8-11,14,16-19,22,30,37H,4,6-7H2,1-3H3,(H2,28,35)/t10-,14+,16?,17?,18+,19-,22-,27-/m1/s1. The predicted octanol–water partition coefficient (Wildman–Crippen LogP) is -0.250. The maximum atomic E-state index is 14.1. The summed E-state index contributed by atoms with van der Waals surface area (Å²) in [5.41, 5.74) is 2.67. The number of phenolic OH excluding ortho intramolecular Hbond substituents is 1. The maximum absolute atomic E-state index is 14.1. The van der Waals surface area contributed by atoms with Gasteiger partial charge in [0, 0.05) is 5.92 Å². The number of rotatable bonds is 4. The first-order chi connectivity index (χ1) is 17.8. The summed E-state index contributed by atoms with van der Waals surface area (Å²) in [5, 5.41) is 22.4. The number of Topliss-reactive ketones (excluding diaryl/α,β-unsaturated/α-hetero) is 4. The molecule has 4 aliphatic carbocycles. The molecule has 4 N–H and O–H groups in total. The second-order valence-corrected chi connectivity index (χ2v) is 11.1. The minimum atomic E-state index is -3.01. The van der Waals surface area contributed by atoms with Crippen LogP contribution < -0.4 is 5.73 Å². The first kappa shape index (κ1) is 26.2. The van der Waals surface area contributed by atoms with Crippen molar-refractivity contribution in [3.8, 4) is 5.75 Å². The fourth-order valence-corrected chi connectivity index (χ4v) is 6.94. The molecule has 0 aliphatic heterocycles. The number of hydrogen-bond donors (Lipinski definition) is 3. The Morgan fingerprint density at radius 3 is 2.32 bits per heavy atom. The van der Waals surface area contributed by atoms with Gasteiger partial charge in [0.25, 0.3) is 0 Å². The molecule has 0 aromatic heterocycles. The summed E-state index contributed by atoms with van der Waals surface area (Å²) in [4.78, 5) is 81.7. The van der Waals surface area contributed by atoms with Crippen LogP contribution in [0.4, 0.5) is 0 Å². The highest BCUT2D eigenvalue weighted by atomic mass is 16.5. The highest BCUT2D eigenvalue weighted by Gasteiger charge is 2.74. The predicted molar refractivity (Wildman–Crippen MR) is 129 cm³/mol. The zero-order valence-corrected chi connectivity index (χ0v) is 21.2. The van der Waals surface area contributed by atoms with E-state index in [1.807, 2.05) is 0 Å². The number of esters is 1. The number of benzene rings is 1. The van der Waals surface area contributed by atoms with Crippen molar-refractivity contribution >= 4 is 35.0 Å². The van der Waals surface area contributed by atoms with Crippen molar-refractivity contribution in [3.05, 3.63) is 29.3 Å². The number of hydrogen-bond acceptors (Lipinski definition) is 10. The van der Waals surface area contributed by atoms with Crippen LogP contribution in [0.3, 0.4) is 0 Å². The Balaban J connectivity index is 1.75. The normalized spacial score (nSPS) is 36.7. The third-order valence-electron chi connectivity index (χ3n) is 9.02. The van der Waals surface area contributed by atoms with Crippen LogP contribution in [0.2, 0.25) is 0 Å². The first-order valence-corrected chi connectivity index (χ1v) is 12.7. The van der Waals surface area contributed by atoms with Gasteiger partial charge in [-0.3, -0.25) is 33.7 Å². The number of amides is 1. The molecule has 1 aromatic carbocycles. The lowest BCUT2D eigenvalue weighted by molar-refractivity contribution is -0.208. The number of ether oxygens (including phenoxy) is 1. The maximum Gasteiger partial charge on any atom is 0.309 e. The summed E-state index contributed by atoms with van der Waals surface area (Å²) < 4.78 is 5.97. The average molecular weight is 527 g/mol. The molecular weight excluding hydrogens is 496 g/mol. The largest absolute Gasteiger partial charge is 0.507 e. The van der Waals surface area contributed by atoms with Crippen molar-refractivity contribution in [3.63, 3.8) is 0 Å². The number of aromatic hydroxyl groups is 1. The van der Waals surface area contributed by atoms with E-state index in [0.29, 0.717) is 18.4 Å². The van der Waals surface area contributed by atoms with Gasteiger partial charge in [-0.05, 0) is 44.5 Å². The zero-order valence-electron chi connectivity index (χ0n) is 21.2. The molecule has 8 atom stereocenters. The Hall–Kier alpha value is -3.44. The summed E-state index contributed by atoms with van der Waals surface area (Å²) in [6, 6.07) is 3.06. The van der Waals surface area contributed by atoms with Gasteiger partial charge in [0.05, 0.1) is 29.4 Å². The lowest BCUT2D eigenvalue weighted by Gasteiger charge is -2.56. The van der Waals surface area contributed by atoms with Crippen LogP contribution >= 0.6 is 0 Å². The fourth-order valence-electron chi connectivity index (χ4n) is 6.94. The van der Waals surface area contributed by atoms with Crippen LogP contribution in [0, 0.1) is 29.6 Å². The molecule has 11 heteroatoms. The smallest absolute Gasteiger partial charge is 0.309 e. The Labute approximate surface area is 218 Å². The number of carbonyl (C=O) groups is 6. The van der Waals surface area contributed by atoms with E-state index in [-0.39, 0.29) is 11.3 Å². The van der Waals surface area contributed by atoms with Gasteiger partial charge in [0.15, 0.2) is 34.7 Å². The van der Waals surface area contributed by atoms with E-state index in [2.05, 4.69) is 0 Å². The number of primary amides is 1. The quantitative estimate of drug-likeness (QED) is 0.349. The summed E-state index contributed by atoms with van der Waals surface area (Å²) in [5.74, 6) is -14.1. The molecule has 202 valence electrons. The summed E-state index contributed by atoms with van der Waals surface area (Å²) in [7, 11) is 2.95. The topological polar surface area (TPSA) is 181 Å². The number of aliphatic hydroxyl groups is 1. The van der Waals surface area contributed by atoms with Gasteiger partial charge in [0.2, 0.25) is 5.91 Å². The van der Waals surface area contributed by atoms with E-state index < -0.39 is 88.3 Å². The molecule has 0 saturated heterocycles. The molecule has 0 heterocycles. The van der Waals surface area contributed by atoms with Gasteiger partial charge in [-0.15, -0.1) is 0 Å². The number of phenols is 1. The van der Waals surface area contributed by atoms with Crippen molar-refractivity contribution in [2.24, 2.45) is 35.3 Å². The van der Waals surface area contributed by atoms with E-state index >= 15 is 0 Å². The number of likely N-dealkylation sites (N-methyl/N-ethyl adjacent to an activating group) is 1. The van der Waals surface area contributed by atoms with Crippen molar-refractivity contribution in [1.82, 2.24) is 4.90 Å². The molecule has 3 fully saturated rings. The molecule has 1 aromatic rings. The molecule has 38 heavy (non-hydrogen) atoms. The van der Waals surface area contributed by atoms with E-state index in [0.717, 1.165) is 6.42 Å². The van der Waals surface area contributed by atoms with Gasteiger partial charge in [-0.25, -0.2) is 0 Å². The van der Waals surface area contributed by atoms with Crippen LogP contribution in [-0.4, -0.2) is 82.0 Å². The van der Waals surface area contributed by atoms with Gasteiger partial charge < -0.3 is 20.7 Å². The molecule has 4 aliphatic rings. The zero-order chi connectivity index (χ0) is 27.8. The van der Waals surface area contributed by atoms with Gasteiger partial charge in [-0.2, -0.15) is 0 Å². The fraction of sp³-hybridized carbons (Fsp3) is 0.556. The summed E-state index contributed by atoms with van der Waals surface area (Å²) in [6.45, 7) is 1.70. The molecule has 11 nitrogen and oxygen atoms in total. The Morgan fingerprint density at radius 1 is 1.11 bits per heavy atom. The highest BCUT2D eigenvalue weighted by Crippen LogP contribution is 2.55. The van der Waals surface area contributed by atoms with E-state index in [1.165, 1.54) is 25.1 Å². The Kier molecular flexibility index (Phi) is 6.07. The molecule has 2 unspecified atom stereocenters. The van der Waals surface area contributed by atoms with Crippen LogP contribution in [0.15, 0.2) is 18.2 Å². The van der Waals surface area contributed by atoms with E-state index in [4.69, 9.17) is 10.5 Å². The van der Waals surface area contributed by atoms with Crippen LogP contribution in [-0.2, 0) is 28.7 Å².